The Balaban J connectivity index is 1.53. The van der Waals surface area contributed by atoms with Crippen molar-refractivity contribution in [2.24, 2.45) is 0 Å². The molecule has 0 bridgehead atoms. The van der Waals surface area contributed by atoms with Crippen LogP contribution in [-0.2, 0) is 17.9 Å². The molecule has 7 nitrogen and oxygen atoms in total. The predicted molar refractivity (Wildman–Crippen MR) is 106 cm³/mol. The Morgan fingerprint density at radius 3 is 2.83 bits per heavy atom. The molecule has 8 heteroatoms. The van der Waals surface area contributed by atoms with E-state index in [1.54, 1.807) is 16.5 Å². The molecule has 0 aliphatic rings. The summed E-state index contributed by atoms with van der Waals surface area (Å²) < 4.78 is 21.7. The number of fused-ring (bicyclic) bond motifs is 3. The predicted octanol–water partition coefficient (Wildman–Crippen LogP) is 2.50. The number of hydrogen-bond acceptors (Lipinski definition) is 4. The summed E-state index contributed by atoms with van der Waals surface area (Å²) in [5.41, 5.74) is 1.43. The van der Waals surface area contributed by atoms with E-state index in [1.807, 2.05) is 31.2 Å². The number of ether oxygens (including phenoxy) is 1. The minimum absolute atomic E-state index is 0.220. The zero-order chi connectivity index (χ0) is 20.4. The molecule has 2 heterocycles. The van der Waals surface area contributed by atoms with Crippen molar-refractivity contribution in [3.8, 4) is 5.75 Å². The van der Waals surface area contributed by atoms with Gasteiger partial charge in [-0.05, 0) is 37.3 Å². The largest absolute Gasteiger partial charge is 0.494 e. The van der Waals surface area contributed by atoms with Gasteiger partial charge in [0.15, 0.2) is 0 Å². The van der Waals surface area contributed by atoms with E-state index in [0.29, 0.717) is 28.8 Å². The molecule has 29 heavy (non-hydrogen) atoms. The average Bonchev–Trinajstić information content (AvgIpc) is 3.08. The second kappa shape index (κ2) is 7.75. The molecule has 4 rings (SSSR count). The summed E-state index contributed by atoms with van der Waals surface area (Å²) in [4.78, 5) is 25.1. The lowest BCUT2D eigenvalue weighted by molar-refractivity contribution is -0.122. The maximum absolute atomic E-state index is 13.4. The smallest absolute Gasteiger partial charge is 0.291 e. The number of nitrogens with zero attached hydrogens (tertiary/aromatic N) is 3. The fourth-order valence-electron chi connectivity index (χ4n) is 3.24. The van der Waals surface area contributed by atoms with Crippen molar-refractivity contribution in [1.82, 2.24) is 19.5 Å². The Kier molecular flexibility index (Phi) is 4.99. The molecule has 1 amide bonds. The minimum atomic E-state index is -0.422. The maximum atomic E-state index is 13.4. The highest BCUT2D eigenvalue weighted by molar-refractivity contribution is 5.86. The zero-order valence-corrected chi connectivity index (χ0v) is 15.8. The SMILES string of the molecule is CCOc1ccccc1CNC(=O)Cn1ncn2c(cc3cc(F)ccc32)c1=O. The first kappa shape index (κ1) is 18.7. The van der Waals surface area contributed by atoms with E-state index in [2.05, 4.69) is 10.4 Å². The van der Waals surface area contributed by atoms with Crippen LogP contribution in [-0.4, -0.2) is 26.7 Å². The number of para-hydroxylation sites is 1. The molecule has 1 N–H and O–H groups in total. The third kappa shape index (κ3) is 3.69. The lowest BCUT2D eigenvalue weighted by Crippen LogP contribution is -2.34. The van der Waals surface area contributed by atoms with Crippen molar-refractivity contribution in [3.05, 3.63) is 76.6 Å². The van der Waals surface area contributed by atoms with Crippen LogP contribution < -0.4 is 15.6 Å². The van der Waals surface area contributed by atoms with Gasteiger partial charge in [-0.15, -0.1) is 0 Å². The second-order valence-electron chi connectivity index (χ2n) is 6.51. The molecule has 0 atom stereocenters. The Hall–Kier alpha value is -3.68. The lowest BCUT2D eigenvalue weighted by atomic mass is 10.2. The van der Waals surface area contributed by atoms with Crippen molar-refractivity contribution >= 4 is 22.3 Å². The number of carbonyl (C=O) groups is 1. The molecule has 0 radical (unpaired) electrons. The van der Waals surface area contributed by atoms with Gasteiger partial charge in [-0.1, -0.05) is 18.2 Å². The summed E-state index contributed by atoms with van der Waals surface area (Å²) in [5.74, 6) is -0.0232. The molecule has 0 saturated heterocycles. The third-order valence-electron chi connectivity index (χ3n) is 4.60. The van der Waals surface area contributed by atoms with Gasteiger partial charge in [0.1, 0.15) is 30.0 Å². The fraction of sp³-hybridized carbons (Fsp3) is 0.190. The standard InChI is InChI=1S/C21H19FN4O3/c1-2-29-19-6-4-3-5-14(19)11-23-20(27)12-26-21(28)18-10-15-9-16(22)7-8-17(15)25(18)13-24-26/h3-10,13H,2,11-12H2,1H3,(H,23,27). The van der Waals surface area contributed by atoms with Crippen molar-refractivity contribution < 1.29 is 13.9 Å². The van der Waals surface area contributed by atoms with Crippen molar-refractivity contribution in [1.29, 1.82) is 0 Å². The van der Waals surface area contributed by atoms with Crippen LogP contribution in [0.15, 0.2) is 59.7 Å². The van der Waals surface area contributed by atoms with Crippen LogP contribution in [0.2, 0.25) is 0 Å². The van der Waals surface area contributed by atoms with Crippen LogP contribution in [0.3, 0.4) is 0 Å². The number of nitrogens with one attached hydrogen (secondary N) is 1. The van der Waals surface area contributed by atoms with Crippen molar-refractivity contribution in [3.63, 3.8) is 0 Å². The van der Waals surface area contributed by atoms with E-state index in [0.717, 1.165) is 10.2 Å². The number of halogens is 1. The summed E-state index contributed by atoms with van der Waals surface area (Å²) in [6, 6.07) is 13.3. The van der Waals surface area contributed by atoms with Gasteiger partial charge in [0.05, 0.1) is 12.1 Å². The molecular formula is C21H19FN4O3. The van der Waals surface area contributed by atoms with E-state index < -0.39 is 5.56 Å². The molecule has 0 aliphatic heterocycles. The number of carbonyl (C=O) groups excluding carboxylic acids is 1. The topological polar surface area (TPSA) is 77.6 Å². The zero-order valence-electron chi connectivity index (χ0n) is 15.8. The van der Waals surface area contributed by atoms with Gasteiger partial charge in [-0.3, -0.25) is 14.0 Å². The van der Waals surface area contributed by atoms with Crippen LogP contribution in [0.4, 0.5) is 4.39 Å². The van der Waals surface area contributed by atoms with E-state index >= 15 is 0 Å². The van der Waals surface area contributed by atoms with Gasteiger partial charge in [0, 0.05) is 17.5 Å². The Bertz CT molecular complexity index is 1260. The molecule has 0 unspecified atom stereocenters. The minimum Gasteiger partial charge on any atom is -0.494 e. The van der Waals surface area contributed by atoms with E-state index in [4.69, 9.17) is 4.74 Å². The molecule has 0 fully saturated rings. The van der Waals surface area contributed by atoms with Gasteiger partial charge in [-0.2, -0.15) is 5.10 Å². The van der Waals surface area contributed by atoms with Crippen LogP contribution in [0.25, 0.3) is 16.4 Å². The first-order valence-electron chi connectivity index (χ1n) is 9.20. The van der Waals surface area contributed by atoms with Crippen molar-refractivity contribution in [2.45, 2.75) is 20.0 Å². The number of aromatic nitrogens is 3. The first-order chi connectivity index (χ1) is 14.1. The maximum Gasteiger partial charge on any atom is 0.291 e. The summed E-state index contributed by atoms with van der Waals surface area (Å²) in [6.45, 7) is 2.48. The quantitative estimate of drug-likeness (QED) is 0.545. The van der Waals surface area contributed by atoms with Crippen LogP contribution >= 0.6 is 0 Å². The highest BCUT2D eigenvalue weighted by Gasteiger charge is 2.12. The Morgan fingerprint density at radius 2 is 2.00 bits per heavy atom. The summed E-state index contributed by atoms with van der Waals surface area (Å²) >= 11 is 0. The van der Waals surface area contributed by atoms with E-state index in [1.165, 1.54) is 18.5 Å². The van der Waals surface area contributed by atoms with Crippen LogP contribution in [0.5, 0.6) is 5.75 Å². The molecule has 0 aliphatic carbocycles. The monoisotopic (exact) mass is 394 g/mol. The summed E-state index contributed by atoms with van der Waals surface area (Å²) in [5, 5.41) is 7.46. The Labute approximate surface area is 165 Å². The number of amides is 1. The second-order valence-corrected chi connectivity index (χ2v) is 6.51. The molecule has 2 aromatic carbocycles. The van der Waals surface area contributed by atoms with E-state index in [-0.39, 0.29) is 24.8 Å². The van der Waals surface area contributed by atoms with E-state index in [9.17, 15) is 14.0 Å². The van der Waals surface area contributed by atoms with Crippen LogP contribution in [0, 0.1) is 5.82 Å². The van der Waals surface area contributed by atoms with Gasteiger partial charge in [-0.25, -0.2) is 9.07 Å². The number of rotatable bonds is 6. The third-order valence-corrected chi connectivity index (χ3v) is 4.60. The summed E-state index contributed by atoms with van der Waals surface area (Å²) in [6.07, 6.45) is 1.45. The van der Waals surface area contributed by atoms with Crippen LogP contribution in [0.1, 0.15) is 12.5 Å². The average molecular weight is 394 g/mol. The van der Waals surface area contributed by atoms with Gasteiger partial charge in [0.2, 0.25) is 5.91 Å². The fourth-order valence-corrected chi connectivity index (χ4v) is 3.24. The number of benzene rings is 2. The Morgan fingerprint density at radius 1 is 1.17 bits per heavy atom. The molecule has 0 saturated carbocycles. The first-order valence-corrected chi connectivity index (χ1v) is 9.20. The number of hydrogen-bond donors (Lipinski definition) is 1. The molecular weight excluding hydrogens is 375 g/mol. The lowest BCUT2D eigenvalue weighted by Gasteiger charge is -2.11. The van der Waals surface area contributed by atoms with Crippen molar-refractivity contribution in [2.75, 3.05) is 6.61 Å². The van der Waals surface area contributed by atoms with Gasteiger partial charge in [0.25, 0.3) is 5.56 Å². The molecule has 4 aromatic rings. The van der Waals surface area contributed by atoms with Gasteiger partial charge >= 0.3 is 0 Å². The molecule has 2 aromatic heterocycles. The van der Waals surface area contributed by atoms with Gasteiger partial charge < -0.3 is 10.1 Å². The normalized spacial score (nSPS) is 11.1. The molecule has 0 spiro atoms. The summed E-state index contributed by atoms with van der Waals surface area (Å²) in [7, 11) is 0. The molecule has 148 valence electrons. The highest BCUT2D eigenvalue weighted by atomic mass is 19.1. The highest BCUT2D eigenvalue weighted by Crippen LogP contribution is 2.19.